The number of anilines is 1. The van der Waals surface area contributed by atoms with Gasteiger partial charge in [0, 0.05) is 18.0 Å². The molecule has 0 amide bonds. The van der Waals surface area contributed by atoms with Crippen molar-refractivity contribution in [2.45, 2.75) is 51.2 Å². The Morgan fingerprint density at radius 3 is 2.95 bits per heavy atom. The summed E-state index contributed by atoms with van der Waals surface area (Å²) >= 11 is 1.57. The molecule has 1 fully saturated rings. The Bertz CT molecular complexity index is 577. The third kappa shape index (κ3) is 2.54. The highest BCUT2D eigenvalue weighted by atomic mass is 32.1. The molecule has 1 aromatic heterocycles. The Kier molecular flexibility index (Phi) is 3.94. The molecule has 2 aromatic rings. The molecule has 0 bridgehead atoms. The standard InChI is InChI=1S/C16H22N2OS/c1-3-16(4-2)11-12(9-10-19-16)17-15-13-7-5-6-8-14(13)18-20-15/h5-8,12,17H,3-4,9-11H2,1-2H3. The van der Waals surface area contributed by atoms with Gasteiger partial charge in [0.1, 0.15) is 5.00 Å². The van der Waals surface area contributed by atoms with Gasteiger partial charge in [-0.15, -0.1) is 0 Å². The summed E-state index contributed by atoms with van der Waals surface area (Å²) in [5, 5.41) is 6.14. The van der Waals surface area contributed by atoms with Gasteiger partial charge < -0.3 is 10.1 Å². The van der Waals surface area contributed by atoms with E-state index in [1.54, 1.807) is 11.5 Å². The Morgan fingerprint density at radius 2 is 2.15 bits per heavy atom. The van der Waals surface area contributed by atoms with Crippen LogP contribution >= 0.6 is 11.5 Å². The lowest BCUT2D eigenvalue weighted by Gasteiger charge is -2.40. The summed E-state index contributed by atoms with van der Waals surface area (Å²) in [7, 11) is 0. The molecule has 3 rings (SSSR count). The number of ether oxygens (including phenoxy) is 1. The van der Waals surface area contributed by atoms with Crippen LogP contribution in [0.1, 0.15) is 39.5 Å². The van der Waals surface area contributed by atoms with Crippen molar-refractivity contribution in [3.8, 4) is 0 Å². The van der Waals surface area contributed by atoms with Gasteiger partial charge in [0.05, 0.1) is 11.1 Å². The van der Waals surface area contributed by atoms with Crippen molar-refractivity contribution in [1.82, 2.24) is 4.37 Å². The first-order chi connectivity index (χ1) is 9.76. The first-order valence-corrected chi connectivity index (χ1v) is 8.28. The van der Waals surface area contributed by atoms with Crippen molar-refractivity contribution >= 4 is 27.4 Å². The zero-order valence-corrected chi connectivity index (χ0v) is 13.0. The lowest BCUT2D eigenvalue weighted by atomic mass is 9.86. The average Bonchev–Trinajstić information content (AvgIpc) is 2.91. The van der Waals surface area contributed by atoms with Crippen LogP contribution in [0.2, 0.25) is 0 Å². The van der Waals surface area contributed by atoms with Gasteiger partial charge >= 0.3 is 0 Å². The number of hydrogen-bond donors (Lipinski definition) is 1. The van der Waals surface area contributed by atoms with E-state index in [0.29, 0.717) is 6.04 Å². The highest BCUT2D eigenvalue weighted by Crippen LogP contribution is 2.35. The van der Waals surface area contributed by atoms with Gasteiger partial charge in [0.15, 0.2) is 0 Å². The SMILES string of the molecule is CCC1(CC)CC(Nc2snc3ccccc23)CCO1. The fraction of sp³-hybridized carbons (Fsp3) is 0.562. The monoisotopic (exact) mass is 290 g/mol. The molecule has 1 aromatic carbocycles. The summed E-state index contributed by atoms with van der Waals surface area (Å²) < 4.78 is 10.6. The topological polar surface area (TPSA) is 34.2 Å². The van der Waals surface area contributed by atoms with E-state index in [1.165, 1.54) is 10.4 Å². The Morgan fingerprint density at radius 1 is 1.35 bits per heavy atom. The number of fused-ring (bicyclic) bond motifs is 1. The molecule has 0 aliphatic carbocycles. The van der Waals surface area contributed by atoms with Crippen LogP contribution in [0.15, 0.2) is 24.3 Å². The zero-order chi connectivity index (χ0) is 14.0. The van der Waals surface area contributed by atoms with E-state index < -0.39 is 0 Å². The van der Waals surface area contributed by atoms with Crippen molar-refractivity contribution in [2.75, 3.05) is 11.9 Å². The number of benzene rings is 1. The van der Waals surface area contributed by atoms with Crippen molar-refractivity contribution in [2.24, 2.45) is 0 Å². The lowest BCUT2D eigenvalue weighted by Crippen LogP contribution is -2.43. The van der Waals surface area contributed by atoms with Crippen LogP contribution in [0.4, 0.5) is 5.00 Å². The number of hydrogen-bond acceptors (Lipinski definition) is 4. The van der Waals surface area contributed by atoms with Gasteiger partial charge in [-0.1, -0.05) is 26.0 Å². The highest BCUT2D eigenvalue weighted by Gasteiger charge is 2.34. The van der Waals surface area contributed by atoms with Gasteiger partial charge in [-0.05, 0) is 49.3 Å². The van der Waals surface area contributed by atoms with Crippen molar-refractivity contribution in [1.29, 1.82) is 0 Å². The van der Waals surface area contributed by atoms with Gasteiger partial charge in [-0.2, -0.15) is 4.37 Å². The Labute approximate surface area is 124 Å². The quantitative estimate of drug-likeness (QED) is 0.903. The van der Waals surface area contributed by atoms with Crippen LogP contribution in [0.3, 0.4) is 0 Å². The van der Waals surface area contributed by atoms with Gasteiger partial charge in [0.25, 0.3) is 0 Å². The molecule has 3 nitrogen and oxygen atoms in total. The predicted octanol–water partition coefficient (Wildman–Crippen LogP) is 4.45. The van der Waals surface area contributed by atoms with Crippen LogP contribution in [0, 0.1) is 0 Å². The number of rotatable bonds is 4. The zero-order valence-electron chi connectivity index (χ0n) is 12.2. The van der Waals surface area contributed by atoms with E-state index in [4.69, 9.17) is 4.74 Å². The van der Waals surface area contributed by atoms with Crippen molar-refractivity contribution in [3.05, 3.63) is 24.3 Å². The van der Waals surface area contributed by atoms with E-state index in [0.717, 1.165) is 37.8 Å². The number of aromatic nitrogens is 1. The van der Waals surface area contributed by atoms with Crippen LogP contribution in [-0.4, -0.2) is 22.6 Å². The maximum Gasteiger partial charge on any atom is 0.117 e. The van der Waals surface area contributed by atoms with Crippen LogP contribution < -0.4 is 5.32 Å². The summed E-state index contributed by atoms with van der Waals surface area (Å²) in [6.45, 7) is 5.32. The molecular weight excluding hydrogens is 268 g/mol. The van der Waals surface area contributed by atoms with Crippen LogP contribution in [-0.2, 0) is 4.74 Å². The highest BCUT2D eigenvalue weighted by molar-refractivity contribution is 7.11. The molecule has 1 atom stereocenters. The molecule has 20 heavy (non-hydrogen) atoms. The van der Waals surface area contributed by atoms with Crippen LogP contribution in [0.25, 0.3) is 10.9 Å². The normalized spacial score (nSPS) is 22.0. The summed E-state index contributed by atoms with van der Waals surface area (Å²) in [6.07, 6.45) is 4.34. The second-order valence-electron chi connectivity index (χ2n) is 5.60. The second-order valence-corrected chi connectivity index (χ2v) is 6.37. The fourth-order valence-electron chi connectivity index (χ4n) is 3.07. The summed E-state index contributed by atoms with van der Waals surface area (Å²) in [5.74, 6) is 0. The molecule has 0 spiro atoms. The second kappa shape index (κ2) is 5.70. The van der Waals surface area contributed by atoms with E-state index >= 15 is 0 Å². The summed E-state index contributed by atoms with van der Waals surface area (Å²) in [6, 6.07) is 8.83. The molecule has 1 unspecified atom stereocenters. The third-order valence-corrected chi connectivity index (χ3v) is 5.31. The van der Waals surface area contributed by atoms with Gasteiger partial charge in [-0.3, -0.25) is 0 Å². The molecule has 108 valence electrons. The average molecular weight is 290 g/mol. The summed E-state index contributed by atoms with van der Waals surface area (Å²) in [5.41, 5.74) is 1.15. The maximum absolute atomic E-state index is 6.05. The van der Waals surface area contributed by atoms with E-state index in [1.807, 2.05) is 6.07 Å². The van der Waals surface area contributed by atoms with E-state index in [-0.39, 0.29) is 5.60 Å². The fourth-order valence-corrected chi connectivity index (χ4v) is 3.91. The molecule has 0 saturated carbocycles. The Hall–Kier alpha value is -1.13. The first kappa shape index (κ1) is 13.8. The molecule has 1 aliphatic heterocycles. The number of nitrogens with one attached hydrogen (secondary N) is 1. The third-order valence-electron chi connectivity index (χ3n) is 4.50. The molecule has 4 heteroatoms. The van der Waals surface area contributed by atoms with Gasteiger partial charge in [0.2, 0.25) is 0 Å². The lowest BCUT2D eigenvalue weighted by molar-refractivity contribution is -0.0864. The smallest absolute Gasteiger partial charge is 0.117 e. The minimum absolute atomic E-state index is 0.0659. The van der Waals surface area contributed by atoms with E-state index in [9.17, 15) is 0 Å². The molecule has 1 saturated heterocycles. The number of nitrogens with zero attached hydrogens (tertiary/aromatic N) is 1. The minimum atomic E-state index is 0.0659. The molecule has 2 heterocycles. The first-order valence-electron chi connectivity index (χ1n) is 7.51. The summed E-state index contributed by atoms with van der Waals surface area (Å²) in [4.78, 5) is 0. The van der Waals surface area contributed by atoms with E-state index in [2.05, 4.69) is 41.7 Å². The Balaban J connectivity index is 1.77. The predicted molar refractivity (Wildman–Crippen MR) is 85.5 cm³/mol. The molecule has 0 radical (unpaired) electrons. The molecular formula is C16H22N2OS. The van der Waals surface area contributed by atoms with Crippen molar-refractivity contribution in [3.63, 3.8) is 0 Å². The van der Waals surface area contributed by atoms with Crippen LogP contribution in [0.5, 0.6) is 0 Å². The largest absolute Gasteiger partial charge is 0.375 e. The molecule has 1 aliphatic rings. The van der Waals surface area contributed by atoms with Gasteiger partial charge in [-0.25, -0.2) is 0 Å². The maximum atomic E-state index is 6.05. The van der Waals surface area contributed by atoms with Crippen molar-refractivity contribution < 1.29 is 4.74 Å². The minimum Gasteiger partial charge on any atom is -0.375 e. The molecule has 1 N–H and O–H groups in total.